The molecule has 1 spiro atoms. The highest BCUT2D eigenvalue weighted by molar-refractivity contribution is 7.99. The lowest BCUT2D eigenvalue weighted by molar-refractivity contribution is 0.0255. The molecule has 3 aromatic carbocycles. The Labute approximate surface area is 314 Å². The van der Waals surface area contributed by atoms with Gasteiger partial charge in [-0.3, -0.25) is 0 Å². The lowest BCUT2D eigenvalue weighted by Gasteiger charge is -2.49. The van der Waals surface area contributed by atoms with Gasteiger partial charge in [-0.2, -0.15) is 11.8 Å². The average Bonchev–Trinajstić information content (AvgIpc) is 3.38. The van der Waals surface area contributed by atoms with Crippen molar-refractivity contribution < 1.29 is 9.53 Å². The minimum absolute atomic E-state index is 0.150. The predicted molar refractivity (Wildman–Crippen MR) is 219 cm³/mol. The highest BCUT2D eigenvalue weighted by atomic mass is 35.5. The molecule has 0 aromatic heterocycles. The van der Waals surface area contributed by atoms with Gasteiger partial charge in [-0.1, -0.05) is 61.7 Å². The van der Waals surface area contributed by atoms with Crippen molar-refractivity contribution in [2.75, 3.05) is 35.4 Å². The Morgan fingerprint density at radius 1 is 0.800 bits per heavy atom. The molecule has 0 bridgehead atoms. The van der Waals surface area contributed by atoms with E-state index in [1.54, 1.807) is 6.07 Å². The summed E-state index contributed by atoms with van der Waals surface area (Å²) in [5.41, 5.74) is 8.79. The summed E-state index contributed by atoms with van der Waals surface area (Å²) < 4.78 is 6.87. The van der Waals surface area contributed by atoms with E-state index >= 15 is 0 Å². The first-order chi connectivity index (χ1) is 23.5. The molecule has 0 amide bonds. The number of carbonyl (C=O) groups excluding carboxylic acids is 1. The maximum absolute atomic E-state index is 14.2. The maximum Gasteiger partial charge on any atom is 0.341 e. The standard InChI is InChI=1S/C42H50Cl2N2O2SSi/c1-11-12-13-16-49-17-18-50(10)35-21-33-27(25(2)23-40(4,5)45(33)8)19-29(35)42(38-32(44)15-14-31(43)37(38)39(47)48-42)30-20-28-26(3)24-41(6,7)46(9)34(28)22-36(30)50/h14-15,19-24H,11-13,16-18H2,1-10H3. The molecular weight excluding hydrogens is 696 g/mol. The van der Waals surface area contributed by atoms with Crippen molar-refractivity contribution in [1.82, 2.24) is 0 Å². The number of fused-ring (bicyclic) bond motifs is 8. The molecule has 8 heteroatoms. The van der Waals surface area contributed by atoms with Crippen LogP contribution in [0.25, 0.3) is 11.1 Å². The summed E-state index contributed by atoms with van der Waals surface area (Å²) in [7, 11) is 1.89. The van der Waals surface area contributed by atoms with Gasteiger partial charge in [0.25, 0.3) is 0 Å². The molecule has 264 valence electrons. The minimum Gasteiger partial charge on any atom is -0.440 e. The molecule has 7 rings (SSSR count). The molecule has 0 fully saturated rings. The fourth-order valence-corrected chi connectivity index (χ4v) is 15.8. The van der Waals surface area contributed by atoms with Gasteiger partial charge in [-0.25, -0.2) is 4.79 Å². The zero-order valence-corrected chi connectivity index (χ0v) is 34.6. The number of anilines is 2. The lowest BCUT2D eigenvalue weighted by Crippen LogP contribution is -2.66. The van der Waals surface area contributed by atoms with E-state index in [2.05, 4.69) is 127 Å². The first-order valence-corrected chi connectivity index (χ1v) is 22.7. The van der Waals surface area contributed by atoms with Crippen LogP contribution in [-0.4, -0.2) is 50.7 Å². The summed E-state index contributed by atoms with van der Waals surface area (Å²) in [6, 6.07) is 14.2. The zero-order chi connectivity index (χ0) is 36.1. The van der Waals surface area contributed by atoms with Crippen molar-refractivity contribution in [2.24, 2.45) is 0 Å². The zero-order valence-electron chi connectivity index (χ0n) is 31.2. The van der Waals surface area contributed by atoms with Crippen LogP contribution in [0.4, 0.5) is 11.4 Å². The maximum atomic E-state index is 14.2. The van der Waals surface area contributed by atoms with Crippen molar-refractivity contribution in [1.29, 1.82) is 0 Å². The minimum atomic E-state index is -2.51. The number of esters is 1. The molecule has 4 heterocycles. The number of rotatable bonds is 7. The van der Waals surface area contributed by atoms with Gasteiger partial charge in [0.15, 0.2) is 5.60 Å². The van der Waals surface area contributed by atoms with Crippen LogP contribution in [0.1, 0.15) is 106 Å². The van der Waals surface area contributed by atoms with Gasteiger partial charge in [0.1, 0.15) is 8.07 Å². The summed E-state index contributed by atoms with van der Waals surface area (Å²) in [6.45, 7) is 18.3. The summed E-state index contributed by atoms with van der Waals surface area (Å²) in [4.78, 5) is 19.0. The molecule has 3 aromatic rings. The summed E-state index contributed by atoms with van der Waals surface area (Å²) in [5, 5.41) is 3.50. The van der Waals surface area contributed by atoms with E-state index in [0.29, 0.717) is 21.2 Å². The number of hydrogen-bond acceptors (Lipinski definition) is 5. The third kappa shape index (κ3) is 5.09. The molecule has 0 saturated heterocycles. The van der Waals surface area contributed by atoms with Crippen LogP contribution < -0.4 is 20.2 Å². The van der Waals surface area contributed by atoms with Gasteiger partial charge in [0.05, 0.1) is 21.7 Å². The van der Waals surface area contributed by atoms with Gasteiger partial charge < -0.3 is 14.5 Å². The predicted octanol–water partition coefficient (Wildman–Crippen LogP) is 10.1. The normalized spacial score (nSPS) is 23.8. The van der Waals surface area contributed by atoms with E-state index < -0.39 is 19.6 Å². The number of likely N-dealkylation sites (N-methyl/N-ethyl adjacent to an activating group) is 2. The molecule has 4 aliphatic rings. The third-order valence-electron chi connectivity index (χ3n) is 12.2. The molecule has 0 aliphatic carbocycles. The summed E-state index contributed by atoms with van der Waals surface area (Å²) in [5.74, 6) is 1.83. The Kier molecular flexibility index (Phi) is 8.73. The van der Waals surface area contributed by atoms with Crippen molar-refractivity contribution in [3.8, 4) is 0 Å². The smallest absolute Gasteiger partial charge is 0.341 e. The van der Waals surface area contributed by atoms with Gasteiger partial charge in [0, 0.05) is 58.3 Å². The van der Waals surface area contributed by atoms with Crippen molar-refractivity contribution in [2.45, 2.75) is 97.0 Å². The second-order valence-electron chi connectivity index (χ2n) is 16.2. The molecule has 0 radical (unpaired) electrons. The van der Waals surface area contributed by atoms with Crippen LogP contribution in [-0.2, 0) is 10.3 Å². The molecule has 50 heavy (non-hydrogen) atoms. The van der Waals surface area contributed by atoms with E-state index in [9.17, 15) is 4.79 Å². The lowest BCUT2D eigenvalue weighted by atomic mass is 9.76. The number of halogens is 2. The first-order valence-electron chi connectivity index (χ1n) is 18.0. The molecule has 0 saturated carbocycles. The topological polar surface area (TPSA) is 32.8 Å². The van der Waals surface area contributed by atoms with E-state index in [1.807, 2.05) is 6.07 Å². The van der Waals surface area contributed by atoms with Gasteiger partial charge in [-0.05, 0) is 123 Å². The number of allylic oxidation sites excluding steroid dienone is 2. The van der Waals surface area contributed by atoms with Crippen LogP contribution in [0.5, 0.6) is 0 Å². The SMILES string of the molecule is CCCCCSCC[Si]1(C)c2cc3c(cc2C2(OC(=O)c4c(Cl)ccc(Cl)c42)c2cc4c(cc21)N(C)C(C)(C)C=C4C)C(C)=CC(C)(C)N3C. The number of unbranched alkanes of at least 4 members (excludes halogenated alkanes) is 2. The third-order valence-corrected chi connectivity index (χ3v) is 18.7. The van der Waals surface area contributed by atoms with Crippen molar-refractivity contribution in [3.05, 3.63) is 92.0 Å². The van der Waals surface area contributed by atoms with Crippen molar-refractivity contribution >= 4 is 81.9 Å². The Morgan fingerprint density at radius 2 is 1.32 bits per heavy atom. The Balaban J connectivity index is 1.59. The molecule has 4 aliphatic heterocycles. The number of nitrogens with zero attached hydrogens (tertiary/aromatic N) is 2. The van der Waals surface area contributed by atoms with E-state index in [4.69, 9.17) is 27.9 Å². The van der Waals surface area contributed by atoms with Crippen LogP contribution in [0, 0.1) is 0 Å². The Hall–Kier alpha value is -2.64. The first kappa shape index (κ1) is 35.7. The summed E-state index contributed by atoms with van der Waals surface area (Å²) in [6.07, 6.45) is 8.44. The van der Waals surface area contributed by atoms with Crippen LogP contribution in [0.15, 0.2) is 48.6 Å². The average molecular weight is 746 g/mol. The molecular formula is C42H50Cl2N2O2SSi. The Bertz CT molecular complexity index is 1920. The number of carbonyl (C=O) groups is 1. The number of benzene rings is 3. The van der Waals surface area contributed by atoms with E-state index in [-0.39, 0.29) is 11.1 Å². The number of thioether (sulfide) groups is 1. The Morgan fingerprint density at radius 3 is 1.84 bits per heavy atom. The van der Waals surface area contributed by atoms with Crippen LogP contribution in [0.3, 0.4) is 0 Å². The van der Waals surface area contributed by atoms with Crippen molar-refractivity contribution in [3.63, 3.8) is 0 Å². The van der Waals surface area contributed by atoms with Gasteiger partial charge >= 0.3 is 5.97 Å². The highest BCUT2D eigenvalue weighted by Crippen LogP contribution is 2.55. The second kappa shape index (κ2) is 12.2. The quantitative estimate of drug-likeness (QED) is 0.137. The second-order valence-corrected chi connectivity index (χ2v) is 22.4. The summed E-state index contributed by atoms with van der Waals surface area (Å²) >= 11 is 16.2. The molecule has 4 nitrogen and oxygen atoms in total. The van der Waals surface area contributed by atoms with Crippen LogP contribution in [0.2, 0.25) is 22.6 Å². The van der Waals surface area contributed by atoms with E-state index in [1.165, 1.54) is 57.9 Å². The monoisotopic (exact) mass is 744 g/mol. The van der Waals surface area contributed by atoms with Gasteiger partial charge in [0.2, 0.25) is 0 Å². The van der Waals surface area contributed by atoms with E-state index in [0.717, 1.165) is 34.1 Å². The molecule has 0 N–H and O–H groups in total. The van der Waals surface area contributed by atoms with Gasteiger partial charge in [-0.15, -0.1) is 0 Å². The number of hydrogen-bond donors (Lipinski definition) is 0. The molecule has 0 atom stereocenters. The molecule has 0 unspecified atom stereocenters. The highest BCUT2D eigenvalue weighted by Gasteiger charge is 2.59. The largest absolute Gasteiger partial charge is 0.440 e. The fourth-order valence-electron chi connectivity index (χ4n) is 9.00. The fraction of sp³-hybridized carbons (Fsp3) is 0.452. The number of ether oxygens (including phenoxy) is 1. The van der Waals surface area contributed by atoms with Crippen LogP contribution >= 0.6 is 35.0 Å².